The Morgan fingerprint density at radius 3 is 3.00 bits per heavy atom. The van der Waals surface area contributed by atoms with Crippen molar-refractivity contribution in [2.24, 2.45) is 0 Å². The smallest absolute Gasteiger partial charge is 0.100 e. The minimum Gasteiger partial charge on any atom is -0.290 e. The fraction of sp³-hybridized carbons (Fsp3) is 0. The molecule has 0 aliphatic carbocycles. The van der Waals surface area contributed by atoms with Crippen LogP contribution in [-0.4, -0.2) is 14.4 Å². The minimum absolute atomic E-state index is 1.07. The summed E-state index contributed by atoms with van der Waals surface area (Å²) in [6.45, 7) is 0. The molecule has 2 heterocycles. The van der Waals surface area contributed by atoms with Crippen molar-refractivity contribution in [3.63, 3.8) is 0 Å². The molecule has 0 N–H and O–H groups in total. The summed E-state index contributed by atoms with van der Waals surface area (Å²) in [6, 6.07) is 1.91. The van der Waals surface area contributed by atoms with Gasteiger partial charge >= 0.3 is 0 Å². The molecule has 0 saturated heterocycles. The lowest BCUT2D eigenvalue weighted by atomic mass is 10.5. The molecule has 44 valence electrons. The van der Waals surface area contributed by atoms with Crippen LogP contribution in [0.1, 0.15) is 0 Å². The zero-order chi connectivity index (χ0) is 6.10. The maximum Gasteiger partial charge on any atom is 0.100 e. The number of hydrogen-bond acceptors (Lipinski definition) is 2. The summed E-state index contributed by atoms with van der Waals surface area (Å²) in [7, 11) is 0. The maximum atomic E-state index is 3.92. The second kappa shape index (κ2) is 1.55. The summed E-state index contributed by atoms with van der Waals surface area (Å²) >= 11 is 0. The second-order valence-electron chi connectivity index (χ2n) is 1.81. The normalized spacial score (nSPS) is 10.2. The third-order valence-electron chi connectivity index (χ3n) is 1.22. The first-order chi connectivity index (χ1) is 4.47. The predicted molar refractivity (Wildman–Crippen MR) is 33.0 cm³/mol. The van der Waals surface area contributed by atoms with Gasteiger partial charge in [-0.05, 0) is 6.07 Å². The molecule has 3 nitrogen and oxygen atoms in total. The van der Waals surface area contributed by atoms with Gasteiger partial charge in [0.2, 0.25) is 0 Å². The van der Waals surface area contributed by atoms with Crippen LogP contribution < -0.4 is 0 Å². The van der Waals surface area contributed by atoms with Crippen LogP contribution in [0.3, 0.4) is 0 Å². The van der Waals surface area contributed by atoms with Crippen LogP contribution in [0.2, 0.25) is 0 Å². The molecule has 0 atom stereocenters. The first-order valence-electron chi connectivity index (χ1n) is 2.68. The highest BCUT2D eigenvalue weighted by Crippen LogP contribution is 1.95. The molecule has 2 aromatic rings. The van der Waals surface area contributed by atoms with Gasteiger partial charge in [0.1, 0.15) is 12.7 Å². The zero-order valence-corrected chi connectivity index (χ0v) is 4.73. The molecular weight excluding hydrogens is 114 g/mol. The molecule has 0 spiro atoms. The van der Waals surface area contributed by atoms with Gasteiger partial charge in [0.25, 0.3) is 0 Å². The van der Waals surface area contributed by atoms with E-state index in [1.807, 2.05) is 10.5 Å². The fourth-order valence-corrected chi connectivity index (χ4v) is 0.770. The Hall–Kier alpha value is -1.38. The highest BCUT2D eigenvalue weighted by molar-refractivity contribution is 5.42. The first kappa shape index (κ1) is 4.49. The molecule has 0 fully saturated rings. The Morgan fingerprint density at radius 2 is 2.11 bits per heavy atom. The lowest BCUT2D eigenvalue weighted by Crippen LogP contribution is -1.80. The number of aromatic nitrogens is 3. The zero-order valence-electron chi connectivity index (χ0n) is 4.73. The average molecular weight is 119 g/mol. The summed E-state index contributed by atoms with van der Waals surface area (Å²) in [5, 5.41) is 0. The standard InChI is InChI=1S/C6H5N3/c1-2-7-4-9-5-8-3-6(1)9/h1-5H. The van der Waals surface area contributed by atoms with Gasteiger partial charge in [0.15, 0.2) is 0 Å². The largest absolute Gasteiger partial charge is 0.290 e. The van der Waals surface area contributed by atoms with Gasteiger partial charge in [-0.2, -0.15) is 0 Å². The molecule has 0 aliphatic rings. The highest BCUT2D eigenvalue weighted by atomic mass is 15.0. The highest BCUT2D eigenvalue weighted by Gasteiger charge is 1.86. The molecule has 0 aliphatic heterocycles. The van der Waals surface area contributed by atoms with Crippen molar-refractivity contribution in [3.8, 4) is 0 Å². The third-order valence-corrected chi connectivity index (χ3v) is 1.22. The molecule has 0 radical (unpaired) electrons. The van der Waals surface area contributed by atoms with Gasteiger partial charge in [-0.3, -0.25) is 4.40 Å². The lowest BCUT2D eigenvalue weighted by molar-refractivity contribution is 1.07. The van der Waals surface area contributed by atoms with E-state index in [0.29, 0.717) is 0 Å². The lowest BCUT2D eigenvalue weighted by Gasteiger charge is -1.86. The monoisotopic (exact) mass is 119 g/mol. The Kier molecular flexibility index (Phi) is 0.773. The van der Waals surface area contributed by atoms with Crippen molar-refractivity contribution in [2.45, 2.75) is 0 Å². The number of imidazole rings is 1. The van der Waals surface area contributed by atoms with Gasteiger partial charge in [-0.1, -0.05) is 0 Å². The van der Waals surface area contributed by atoms with Crippen LogP contribution >= 0.6 is 0 Å². The summed E-state index contributed by atoms with van der Waals surface area (Å²) in [6.07, 6.45) is 6.99. The Labute approximate surface area is 52.0 Å². The van der Waals surface area contributed by atoms with Crippen molar-refractivity contribution in [3.05, 3.63) is 31.1 Å². The molecule has 0 bridgehead atoms. The number of fused-ring (bicyclic) bond motifs is 1. The molecular formula is C6H5N3. The fourth-order valence-electron chi connectivity index (χ4n) is 0.770. The summed E-state index contributed by atoms with van der Waals surface area (Å²) in [5.41, 5.74) is 1.07. The molecule has 3 heteroatoms. The van der Waals surface area contributed by atoms with Crippen LogP contribution in [-0.2, 0) is 0 Å². The maximum absolute atomic E-state index is 3.92. The van der Waals surface area contributed by atoms with E-state index >= 15 is 0 Å². The van der Waals surface area contributed by atoms with E-state index < -0.39 is 0 Å². The van der Waals surface area contributed by atoms with Crippen LogP contribution in [0.25, 0.3) is 5.52 Å². The number of nitrogens with zero attached hydrogens (tertiary/aromatic N) is 3. The molecule has 9 heavy (non-hydrogen) atoms. The summed E-state index contributed by atoms with van der Waals surface area (Å²) in [5.74, 6) is 0. The topological polar surface area (TPSA) is 30.2 Å². The second-order valence-corrected chi connectivity index (χ2v) is 1.81. The van der Waals surface area contributed by atoms with Crippen LogP contribution in [0.4, 0.5) is 0 Å². The Morgan fingerprint density at radius 1 is 1.22 bits per heavy atom. The van der Waals surface area contributed by atoms with E-state index in [1.165, 1.54) is 0 Å². The van der Waals surface area contributed by atoms with E-state index in [4.69, 9.17) is 0 Å². The van der Waals surface area contributed by atoms with Gasteiger partial charge in [-0.15, -0.1) is 0 Å². The van der Waals surface area contributed by atoms with E-state index in [2.05, 4.69) is 9.97 Å². The van der Waals surface area contributed by atoms with Crippen molar-refractivity contribution >= 4 is 5.52 Å². The van der Waals surface area contributed by atoms with Crippen molar-refractivity contribution in [1.29, 1.82) is 0 Å². The molecule has 0 aromatic carbocycles. The van der Waals surface area contributed by atoms with Crippen molar-refractivity contribution < 1.29 is 0 Å². The van der Waals surface area contributed by atoms with Gasteiger partial charge in [-0.25, -0.2) is 9.97 Å². The van der Waals surface area contributed by atoms with Gasteiger partial charge in [0, 0.05) is 6.20 Å². The Bertz CT molecular complexity index is 282. The minimum atomic E-state index is 1.07. The van der Waals surface area contributed by atoms with E-state index in [-0.39, 0.29) is 0 Å². The quantitative estimate of drug-likeness (QED) is 0.511. The molecule has 0 unspecified atom stereocenters. The summed E-state index contributed by atoms with van der Waals surface area (Å²) < 4.78 is 1.86. The number of rotatable bonds is 0. The molecule has 2 aromatic heterocycles. The number of hydrogen-bond donors (Lipinski definition) is 0. The van der Waals surface area contributed by atoms with Crippen molar-refractivity contribution in [1.82, 2.24) is 14.4 Å². The van der Waals surface area contributed by atoms with Crippen LogP contribution in [0, 0.1) is 0 Å². The average Bonchev–Trinajstić information content (AvgIpc) is 2.33. The van der Waals surface area contributed by atoms with Crippen LogP contribution in [0.5, 0.6) is 0 Å². The molecule has 0 saturated carbocycles. The van der Waals surface area contributed by atoms with Gasteiger partial charge in [0.05, 0.1) is 11.7 Å². The Balaban J connectivity index is 2.95. The predicted octanol–water partition coefficient (Wildman–Crippen LogP) is 0.729. The first-order valence-corrected chi connectivity index (χ1v) is 2.68. The van der Waals surface area contributed by atoms with E-state index in [1.54, 1.807) is 25.0 Å². The SMILES string of the molecule is c1cc2cncn2cn1. The van der Waals surface area contributed by atoms with E-state index in [9.17, 15) is 0 Å². The van der Waals surface area contributed by atoms with Crippen molar-refractivity contribution in [2.75, 3.05) is 0 Å². The van der Waals surface area contributed by atoms with Gasteiger partial charge < -0.3 is 0 Å². The molecule has 0 amide bonds. The van der Waals surface area contributed by atoms with E-state index in [0.717, 1.165) is 5.52 Å². The molecule has 2 rings (SSSR count). The van der Waals surface area contributed by atoms with Crippen LogP contribution in [0.15, 0.2) is 31.1 Å². The third kappa shape index (κ3) is 0.579. The summed E-state index contributed by atoms with van der Waals surface area (Å²) in [4.78, 5) is 7.83.